The number of rotatable bonds is 18. The number of amides is 1. The summed E-state index contributed by atoms with van der Waals surface area (Å²) in [4.78, 5) is 46.5. The number of H-pyrrole nitrogens is 3. The van der Waals surface area contributed by atoms with E-state index in [-0.39, 0.29) is 49.0 Å². The topological polar surface area (TPSA) is 273 Å². The molecule has 0 saturated heterocycles. The molecule has 23 heteroatoms. The van der Waals surface area contributed by atoms with E-state index in [9.17, 15) is 19.2 Å². The molecule has 0 aromatic carbocycles. The van der Waals surface area contributed by atoms with Crippen LogP contribution in [0.1, 0.15) is 365 Å². The van der Waals surface area contributed by atoms with Gasteiger partial charge in [0.25, 0.3) is 4.84 Å². The van der Waals surface area contributed by atoms with Gasteiger partial charge in [0.2, 0.25) is 17.7 Å². The zero-order chi connectivity index (χ0) is 88.1. The third kappa shape index (κ3) is 64.0. The SMILES string of the molecule is C.CC(C)CC(C)C.CC(C)NC(=O)C(C)C.CC(C)OC(C)C.CC(C)c1cccnc1.CC(C)c1ccn(C)c1.CC(C)c1ccn(C)n1.CC(C)c1cnn(C)c1.CC(C)c1n[nH]c(=O)o1.CC(C)c1n[nH]c(=S)o1.CCC(=O)C(C)C.CCC(=O)C(C)C.Cc1[nH]ncc1C(C)C.[2H]C([2H])([2H])n1ccc(C(C)C)n1. The van der Waals surface area contributed by atoms with Crippen LogP contribution in [0.3, 0.4) is 0 Å². The molecular formula is C87H161N15O7S. The highest BCUT2D eigenvalue weighted by Crippen LogP contribution is 2.17. The van der Waals surface area contributed by atoms with Crippen molar-refractivity contribution < 1.29 is 32.1 Å². The molecule has 0 aliphatic heterocycles. The molecule has 0 unspecified atom stereocenters. The van der Waals surface area contributed by atoms with Gasteiger partial charge in [-0.15, -0.1) is 10.2 Å². The molecule has 110 heavy (non-hydrogen) atoms. The number of carbonyl (C=O) groups is 3. The lowest BCUT2D eigenvalue weighted by Gasteiger charge is -2.09. The van der Waals surface area contributed by atoms with Crippen molar-refractivity contribution in [1.82, 2.24) is 74.8 Å². The summed E-state index contributed by atoms with van der Waals surface area (Å²) in [6.45, 7) is 69.7. The molecule has 0 fully saturated rings. The Morgan fingerprint density at radius 2 is 0.991 bits per heavy atom. The van der Waals surface area contributed by atoms with Crippen LogP contribution < -0.4 is 11.1 Å². The fourth-order valence-corrected chi connectivity index (χ4v) is 8.51. The normalized spacial score (nSPS) is 10.9. The van der Waals surface area contributed by atoms with E-state index in [1.165, 1.54) is 40.6 Å². The molecule has 1 amide bonds. The predicted octanol–water partition coefficient (Wildman–Crippen LogP) is 22.7. The van der Waals surface area contributed by atoms with Gasteiger partial charge in [-0.05, 0) is 161 Å². The van der Waals surface area contributed by atoms with Crippen LogP contribution >= 0.6 is 12.2 Å². The van der Waals surface area contributed by atoms with Crippen LogP contribution in [0.2, 0.25) is 0 Å². The maximum atomic E-state index is 10.8. The van der Waals surface area contributed by atoms with Crippen molar-refractivity contribution in [3.63, 3.8) is 0 Å². The summed E-state index contributed by atoms with van der Waals surface area (Å²) in [6.07, 6.45) is 20.7. The van der Waals surface area contributed by atoms with Crippen molar-refractivity contribution in [2.24, 2.45) is 57.7 Å². The minimum atomic E-state index is -2.15. The highest BCUT2D eigenvalue weighted by atomic mass is 32.1. The second kappa shape index (κ2) is 64.9. The van der Waals surface area contributed by atoms with E-state index in [1.54, 1.807) is 12.3 Å². The first-order valence-electron chi connectivity index (χ1n) is 40.8. The number of ether oxygens (including phenoxy) is 1. The van der Waals surface area contributed by atoms with Crippen LogP contribution in [0.25, 0.3) is 0 Å². The molecule has 22 nitrogen and oxygen atoms in total. The summed E-state index contributed by atoms with van der Waals surface area (Å²) in [5, 5.41) is 34.0. The van der Waals surface area contributed by atoms with Crippen LogP contribution in [-0.2, 0) is 47.2 Å². The average Bonchev–Trinajstić information content (AvgIpc) is 1.71. The molecule has 0 spiro atoms. The first kappa shape index (κ1) is 107. The Bertz CT molecular complexity index is 3480. The Morgan fingerprint density at radius 1 is 0.527 bits per heavy atom. The average molecular weight is 1560 g/mol. The zero-order valence-electron chi connectivity index (χ0n) is 78.1. The Kier molecular flexibility index (Phi) is 62.9. The number of aromatic nitrogens is 14. The Hall–Kier alpha value is -7.66. The third-order valence-electron chi connectivity index (χ3n) is 14.6. The number of ketones is 2. The summed E-state index contributed by atoms with van der Waals surface area (Å²) in [7, 11) is 5.92. The molecule has 632 valence electrons. The summed E-state index contributed by atoms with van der Waals surface area (Å²) in [6, 6.07) is 10.3. The maximum absolute atomic E-state index is 10.8. The first-order chi connectivity index (χ1) is 51.6. The van der Waals surface area contributed by atoms with Gasteiger partial charge in [0.1, 0.15) is 11.6 Å². The lowest BCUT2D eigenvalue weighted by atomic mass is 10.0. The van der Waals surface area contributed by atoms with E-state index in [0.717, 1.165) is 27.9 Å². The van der Waals surface area contributed by atoms with Crippen molar-refractivity contribution in [3.8, 4) is 0 Å². The largest absolute Gasteiger partial charge is 0.434 e. The second-order valence-corrected chi connectivity index (χ2v) is 31.9. The molecule has 0 saturated carbocycles. The first-order valence-corrected chi connectivity index (χ1v) is 39.7. The zero-order valence-corrected chi connectivity index (χ0v) is 75.9. The fourth-order valence-electron chi connectivity index (χ4n) is 8.38. The molecule has 8 aromatic rings. The van der Waals surface area contributed by atoms with Gasteiger partial charge in [-0.3, -0.25) is 38.5 Å². The number of nitrogens with zero attached hydrogens (tertiary/aromatic N) is 11. The van der Waals surface area contributed by atoms with Crippen molar-refractivity contribution in [2.75, 3.05) is 0 Å². The van der Waals surface area contributed by atoms with Gasteiger partial charge in [0.05, 0.1) is 36.0 Å². The Balaban J connectivity index is -0.000000275. The van der Waals surface area contributed by atoms with Gasteiger partial charge in [-0.25, -0.2) is 15.0 Å². The van der Waals surface area contributed by atoms with E-state index in [0.29, 0.717) is 88.7 Å². The molecule has 0 atom stereocenters. The number of pyridine rings is 1. The van der Waals surface area contributed by atoms with E-state index in [1.807, 2.05) is 219 Å². The van der Waals surface area contributed by atoms with Crippen LogP contribution in [0, 0.1) is 41.4 Å². The van der Waals surface area contributed by atoms with Gasteiger partial charge < -0.3 is 23.5 Å². The molecule has 0 aliphatic rings. The van der Waals surface area contributed by atoms with Crippen molar-refractivity contribution >= 4 is 29.7 Å². The van der Waals surface area contributed by atoms with Crippen LogP contribution in [0.4, 0.5) is 0 Å². The summed E-state index contributed by atoms with van der Waals surface area (Å²) in [5.74, 6) is 7.50. The molecular weight excluding hydrogens is 1400 g/mol. The van der Waals surface area contributed by atoms with E-state index in [4.69, 9.17) is 13.3 Å². The lowest BCUT2D eigenvalue weighted by molar-refractivity contribution is -0.124. The van der Waals surface area contributed by atoms with Crippen LogP contribution in [0.15, 0.2) is 99.7 Å². The van der Waals surface area contributed by atoms with Gasteiger partial charge in [0.15, 0.2) is 0 Å². The van der Waals surface area contributed by atoms with Gasteiger partial charge in [0, 0.05) is 130 Å². The van der Waals surface area contributed by atoms with Crippen LogP contribution in [-0.4, -0.2) is 105 Å². The number of nitrogens with one attached hydrogen (secondary N) is 4. The number of hydrogen-bond acceptors (Lipinski definition) is 15. The predicted molar refractivity (Wildman–Crippen MR) is 465 cm³/mol. The van der Waals surface area contributed by atoms with E-state index < -0.39 is 12.7 Å². The smallest absolute Gasteiger partial charge is 0.414 e. The molecule has 0 aliphatic carbocycles. The molecule has 8 rings (SSSR count). The minimum absolute atomic E-state index is 0. The fraction of sp³-hybridized carbons (Fsp3) is 0.678. The quantitative estimate of drug-likeness (QED) is 0.0582. The van der Waals surface area contributed by atoms with E-state index >= 15 is 0 Å². The highest BCUT2D eigenvalue weighted by Gasteiger charge is 2.09. The molecule has 8 heterocycles. The molecule has 8 aromatic heterocycles. The Morgan fingerprint density at radius 3 is 1.15 bits per heavy atom. The number of carbonyl (C=O) groups excluding carboxylic acids is 3. The number of aromatic amines is 3. The number of hydrogen-bond donors (Lipinski definition) is 4. The van der Waals surface area contributed by atoms with Gasteiger partial charge >= 0.3 is 5.76 Å². The maximum Gasteiger partial charge on any atom is 0.434 e. The van der Waals surface area contributed by atoms with E-state index in [2.05, 4.69) is 199 Å². The van der Waals surface area contributed by atoms with Crippen molar-refractivity contribution in [2.45, 2.75) is 335 Å². The molecule has 0 radical (unpaired) electrons. The number of Topliss-reactive ketones (excluding diaryl/α,β-unsaturated/α-hetero) is 2. The van der Waals surface area contributed by atoms with Crippen LogP contribution in [0.5, 0.6) is 0 Å². The highest BCUT2D eigenvalue weighted by molar-refractivity contribution is 7.71. The number of aryl methyl sites for hydroxylation is 5. The summed E-state index contributed by atoms with van der Waals surface area (Å²) >= 11 is 4.67. The van der Waals surface area contributed by atoms with Gasteiger partial charge in [-0.1, -0.05) is 207 Å². The second-order valence-electron chi connectivity index (χ2n) is 31.6. The lowest BCUT2D eigenvalue weighted by Crippen LogP contribution is -2.33. The summed E-state index contributed by atoms with van der Waals surface area (Å²) in [5.41, 5.74) is 8.50. The standard InChI is InChI=1S/C8H13N.C8H11N.4C7H12N2.C7H15NO.C7H16.C6H14O.2C6H12O.C5H8N2O2.C5H8N2OS.CH4/c1-7(2)8-4-5-9(3)6-8;1-7(2)8-4-3-5-9-6-8;1-6(2)7-4-8-9(3)5-7;2*1-6(2)7-4-5-9(3)8-7;1-5(2)7-4-8-9-6(7)3;1-5(2)7(9)8-6(3)4;1-6(2)5-7(3)4;1-5(2)7-6(3)4;2*1-4-6(7)5(2)3;1-3(2)4-6-7-5(8)9-4;1-3(2)4-6-7-5(9)8-4;/h4-7H,1-3H3;3-7H,1-2H3;3*4-6H,1-3H3;4-5H,1-3H3,(H,8,9);5-6H,1-4H3,(H,8,9);6-7H,5H2,1-4H3;5-6H,1-4H3;2*5H,4H2,1-3H3;3H,1-2H3,(H,7,8);3H,1-2H3,(H,7,9);1H4/i;;;3D3;;;;;;;;;;. The van der Waals surface area contributed by atoms with Crippen molar-refractivity contribution in [1.29, 1.82) is 0 Å². The van der Waals surface area contributed by atoms with Gasteiger partial charge in [-0.2, -0.15) is 20.4 Å². The third-order valence-corrected chi connectivity index (χ3v) is 14.8. The molecule has 0 bridgehead atoms. The Labute approximate surface area is 678 Å². The monoisotopic (exact) mass is 1560 g/mol. The summed E-state index contributed by atoms with van der Waals surface area (Å²) < 4.78 is 42.8. The van der Waals surface area contributed by atoms with Crippen molar-refractivity contribution in [3.05, 3.63) is 153 Å². The minimum Gasteiger partial charge on any atom is -0.414 e. The molecule has 4 N–H and O–H groups in total.